The summed E-state index contributed by atoms with van der Waals surface area (Å²) in [4.78, 5) is 21.8. The number of carboxylic acids is 1. The van der Waals surface area contributed by atoms with Crippen LogP contribution < -0.4 is 0 Å². The standard InChI is InChI=1S/C10H14O4/c1-14-10(13)8(6-9(11)12)7-4-2-3-5-7/h6-7H,2-5H2,1H3,(H,11,12)/b8-6+. The summed E-state index contributed by atoms with van der Waals surface area (Å²) in [5.41, 5.74) is 0.303. The molecule has 1 saturated carbocycles. The van der Waals surface area contributed by atoms with Gasteiger partial charge in [0.15, 0.2) is 0 Å². The van der Waals surface area contributed by atoms with Gasteiger partial charge in [-0.2, -0.15) is 0 Å². The fourth-order valence-electron chi connectivity index (χ4n) is 1.83. The summed E-state index contributed by atoms with van der Waals surface area (Å²) in [5.74, 6) is -1.53. The van der Waals surface area contributed by atoms with Crippen molar-refractivity contribution in [1.82, 2.24) is 0 Å². The first-order valence-corrected chi connectivity index (χ1v) is 4.68. The van der Waals surface area contributed by atoms with Crippen LogP contribution in [0.5, 0.6) is 0 Å². The second-order valence-corrected chi connectivity index (χ2v) is 3.41. The van der Waals surface area contributed by atoms with Gasteiger partial charge in [0.1, 0.15) is 0 Å². The Bertz CT molecular complexity index is 261. The van der Waals surface area contributed by atoms with Crippen LogP contribution in [-0.2, 0) is 14.3 Å². The third kappa shape index (κ3) is 2.58. The minimum Gasteiger partial charge on any atom is -0.478 e. The molecule has 1 rings (SSSR count). The lowest BCUT2D eigenvalue weighted by Gasteiger charge is -2.10. The zero-order valence-electron chi connectivity index (χ0n) is 8.16. The van der Waals surface area contributed by atoms with E-state index in [0.29, 0.717) is 5.57 Å². The van der Waals surface area contributed by atoms with E-state index in [1.807, 2.05) is 0 Å². The van der Waals surface area contributed by atoms with Crippen molar-refractivity contribution >= 4 is 11.9 Å². The molecule has 0 aromatic heterocycles. The first-order valence-electron chi connectivity index (χ1n) is 4.68. The molecule has 0 bridgehead atoms. The van der Waals surface area contributed by atoms with Gasteiger partial charge >= 0.3 is 11.9 Å². The van der Waals surface area contributed by atoms with E-state index in [0.717, 1.165) is 31.8 Å². The normalized spacial score (nSPS) is 18.2. The van der Waals surface area contributed by atoms with E-state index in [1.54, 1.807) is 0 Å². The Morgan fingerprint density at radius 1 is 1.36 bits per heavy atom. The zero-order valence-corrected chi connectivity index (χ0v) is 8.16. The van der Waals surface area contributed by atoms with Gasteiger partial charge in [0.2, 0.25) is 0 Å². The molecule has 0 atom stereocenters. The summed E-state index contributed by atoms with van der Waals surface area (Å²) >= 11 is 0. The first-order chi connectivity index (χ1) is 6.65. The second kappa shape index (κ2) is 4.79. The molecule has 0 unspecified atom stereocenters. The highest BCUT2D eigenvalue weighted by Gasteiger charge is 2.25. The molecule has 0 heterocycles. The Morgan fingerprint density at radius 2 is 1.93 bits per heavy atom. The molecule has 1 aliphatic carbocycles. The van der Waals surface area contributed by atoms with Crippen LogP contribution >= 0.6 is 0 Å². The van der Waals surface area contributed by atoms with Crippen LogP contribution in [0.2, 0.25) is 0 Å². The minimum absolute atomic E-state index is 0.0681. The molecule has 14 heavy (non-hydrogen) atoms. The van der Waals surface area contributed by atoms with Crippen LogP contribution in [0, 0.1) is 5.92 Å². The van der Waals surface area contributed by atoms with Gasteiger partial charge in [0.05, 0.1) is 7.11 Å². The third-order valence-electron chi connectivity index (χ3n) is 2.50. The summed E-state index contributed by atoms with van der Waals surface area (Å²) in [7, 11) is 1.27. The van der Waals surface area contributed by atoms with Gasteiger partial charge in [0, 0.05) is 11.6 Å². The van der Waals surface area contributed by atoms with Crippen molar-refractivity contribution in [3.63, 3.8) is 0 Å². The lowest BCUT2D eigenvalue weighted by Crippen LogP contribution is -2.14. The molecule has 0 amide bonds. The quantitative estimate of drug-likeness (QED) is 0.549. The van der Waals surface area contributed by atoms with E-state index in [4.69, 9.17) is 5.11 Å². The van der Waals surface area contributed by atoms with Gasteiger partial charge in [0.25, 0.3) is 0 Å². The number of carboxylic acid groups (broad SMARTS) is 1. The number of methoxy groups -OCH3 is 1. The first kappa shape index (κ1) is 10.8. The molecular weight excluding hydrogens is 184 g/mol. The van der Waals surface area contributed by atoms with Crippen LogP contribution in [0.25, 0.3) is 0 Å². The highest BCUT2D eigenvalue weighted by atomic mass is 16.5. The molecule has 1 fully saturated rings. The fourth-order valence-corrected chi connectivity index (χ4v) is 1.83. The Kier molecular flexibility index (Phi) is 3.68. The SMILES string of the molecule is COC(=O)/C(=C/C(=O)O)C1CCCC1. The van der Waals surface area contributed by atoms with Crippen molar-refractivity contribution < 1.29 is 19.4 Å². The monoisotopic (exact) mass is 198 g/mol. The van der Waals surface area contributed by atoms with Gasteiger partial charge in [-0.15, -0.1) is 0 Å². The number of esters is 1. The Morgan fingerprint density at radius 3 is 2.36 bits per heavy atom. The van der Waals surface area contributed by atoms with Gasteiger partial charge in [-0.25, -0.2) is 9.59 Å². The van der Waals surface area contributed by atoms with Crippen molar-refractivity contribution in [3.8, 4) is 0 Å². The molecule has 0 radical (unpaired) electrons. The third-order valence-corrected chi connectivity index (χ3v) is 2.50. The van der Waals surface area contributed by atoms with Gasteiger partial charge in [-0.05, 0) is 18.8 Å². The van der Waals surface area contributed by atoms with E-state index in [-0.39, 0.29) is 5.92 Å². The van der Waals surface area contributed by atoms with E-state index in [1.165, 1.54) is 7.11 Å². The fraction of sp³-hybridized carbons (Fsp3) is 0.600. The highest BCUT2D eigenvalue weighted by Crippen LogP contribution is 2.31. The van der Waals surface area contributed by atoms with E-state index < -0.39 is 11.9 Å². The molecule has 0 saturated heterocycles. The summed E-state index contributed by atoms with van der Waals surface area (Å²) < 4.78 is 4.56. The van der Waals surface area contributed by atoms with Gasteiger partial charge in [-0.1, -0.05) is 12.8 Å². The second-order valence-electron chi connectivity index (χ2n) is 3.41. The molecule has 1 aliphatic rings. The van der Waals surface area contributed by atoms with Crippen molar-refractivity contribution in [2.75, 3.05) is 7.11 Å². The molecule has 0 aromatic carbocycles. The predicted molar refractivity (Wildman–Crippen MR) is 49.7 cm³/mol. The van der Waals surface area contributed by atoms with Crippen LogP contribution in [0.15, 0.2) is 11.6 Å². The molecule has 1 N–H and O–H groups in total. The molecule has 4 nitrogen and oxygen atoms in total. The summed E-state index contributed by atoms with van der Waals surface area (Å²) in [6.07, 6.45) is 4.85. The molecule has 0 spiro atoms. The van der Waals surface area contributed by atoms with E-state index in [2.05, 4.69) is 4.74 Å². The van der Waals surface area contributed by atoms with Crippen LogP contribution in [0.4, 0.5) is 0 Å². The van der Waals surface area contributed by atoms with Gasteiger partial charge < -0.3 is 9.84 Å². The van der Waals surface area contributed by atoms with E-state index in [9.17, 15) is 9.59 Å². The smallest absolute Gasteiger partial charge is 0.334 e. The Balaban J connectivity index is 2.80. The average molecular weight is 198 g/mol. The number of ether oxygens (including phenoxy) is 1. The number of carbonyl (C=O) groups is 2. The van der Waals surface area contributed by atoms with Gasteiger partial charge in [-0.3, -0.25) is 0 Å². The molecular formula is C10H14O4. The summed E-state index contributed by atoms with van der Waals surface area (Å²) in [6.45, 7) is 0. The maximum Gasteiger partial charge on any atom is 0.334 e. The number of hydrogen-bond acceptors (Lipinski definition) is 3. The highest BCUT2D eigenvalue weighted by molar-refractivity contribution is 5.96. The molecule has 0 aromatic rings. The average Bonchev–Trinajstić information content (AvgIpc) is 2.65. The van der Waals surface area contributed by atoms with Crippen molar-refractivity contribution in [3.05, 3.63) is 11.6 Å². The number of aliphatic carboxylic acids is 1. The zero-order chi connectivity index (χ0) is 10.6. The maximum atomic E-state index is 11.3. The molecule has 78 valence electrons. The summed E-state index contributed by atoms with van der Waals surface area (Å²) in [6, 6.07) is 0. The maximum absolute atomic E-state index is 11.3. The summed E-state index contributed by atoms with van der Waals surface area (Å²) in [5, 5.41) is 8.60. The number of hydrogen-bond donors (Lipinski definition) is 1. The lowest BCUT2D eigenvalue weighted by atomic mass is 9.97. The Labute approximate surface area is 82.6 Å². The molecule has 0 aliphatic heterocycles. The largest absolute Gasteiger partial charge is 0.478 e. The minimum atomic E-state index is -1.09. The van der Waals surface area contributed by atoms with E-state index >= 15 is 0 Å². The molecule has 4 heteroatoms. The van der Waals surface area contributed by atoms with Crippen molar-refractivity contribution in [1.29, 1.82) is 0 Å². The number of rotatable bonds is 3. The Hall–Kier alpha value is -1.32. The number of carbonyl (C=O) groups excluding carboxylic acids is 1. The van der Waals surface area contributed by atoms with Crippen molar-refractivity contribution in [2.24, 2.45) is 5.92 Å². The van der Waals surface area contributed by atoms with Crippen LogP contribution in [0.1, 0.15) is 25.7 Å². The van der Waals surface area contributed by atoms with Crippen molar-refractivity contribution in [2.45, 2.75) is 25.7 Å². The van der Waals surface area contributed by atoms with Crippen LogP contribution in [-0.4, -0.2) is 24.2 Å². The lowest BCUT2D eigenvalue weighted by molar-refractivity contribution is -0.138. The topological polar surface area (TPSA) is 63.6 Å². The van der Waals surface area contributed by atoms with Crippen LogP contribution in [0.3, 0.4) is 0 Å². The predicted octanol–water partition coefficient (Wildman–Crippen LogP) is 1.36.